The summed E-state index contributed by atoms with van der Waals surface area (Å²) in [5, 5.41) is 21.0. The highest BCUT2D eigenvalue weighted by Gasteiger charge is 2.23. The third-order valence-corrected chi connectivity index (χ3v) is 3.24. The van der Waals surface area contributed by atoms with Gasteiger partial charge in [0.2, 0.25) is 11.4 Å². The van der Waals surface area contributed by atoms with Crippen molar-refractivity contribution < 1.29 is 14.3 Å². The van der Waals surface area contributed by atoms with Crippen LogP contribution in [0.1, 0.15) is 5.69 Å². The summed E-state index contributed by atoms with van der Waals surface area (Å²) in [6.07, 6.45) is 3.32. The Morgan fingerprint density at radius 3 is 2.87 bits per heavy atom. The summed E-state index contributed by atoms with van der Waals surface area (Å²) in [7, 11) is 0. The summed E-state index contributed by atoms with van der Waals surface area (Å²) in [5.41, 5.74) is 6.36. The third-order valence-electron chi connectivity index (χ3n) is 3.24. The van der Waals surface area contributed by atoms with Crippen molar-refractivity contribution >= 4 is 28.3 Å². The molecule has 23 heavy (non-hydrogen) atoms. The van der Waals surface area contributed by atoms with Crippen molar-refractivity contribution in [3.63, 3.8) is 0 Å². The van der Waals surface area contributed by atoms with E-state index in [-0.39, 0.29) is 23.1 Å². The second-order valence-corrected chi connectivity index (χ2v) is 4.73. The van der Waals surface area contributed by atoms with Gasteiger partial charge in [0.05, 0.1) is 16.9 Å². The van der Waals surface area contributed by atoms with E-state index in [1.54, 1.807) is 6.20 Å². The van der Waals surface area contributed by atoms with Crippen LogP contribution in [-0.2, 0) is 11.2 Å². The van der Waals surface area contributed by atoms with Gasteiger partial charge in [-0.2, -0.15) is 0 Å². The van der Waals surface area contributed by atoms with Crippen molar-refractivity contribution in [2.45, 2.75) is 12.5 Å². The molecule has 11 nitrogen and oxygen atoms in total. The number of hydrogen-bond donors (Lipinski definition) is 3. The van der Waals surface area contributed by atoms with Gasteiger partial charge in [0.15, 0.2) is 5.52 Å². The van der Waals surface area contributed by atoms with Crippen molar-refractivity contribution in [3.8, 4) is 0 Å². The van der Waals surface area contributed by atoms with E-state index in [2.05, 4.69) is 30.2 Å². The predicted molar refractivity (Wildman–Crippen MR) is 77.4 cm³/mol. The van der Waals surface area contributed by atoms with Gasteiger partial charge >= 0.3 is 5.69 Å². The van der Waals surface area contributed by atoms with Crippen LogP contribution in [0.15, 0.2) is 29.3 Å². The number of aromatic nitrogens is 4. The molecule has 2 aromatic heterocycles. The van der Waals surface area contributed by atoms with Crippen molar-refractivity contribution in [2.75, 3.05) is 5.32 Å². The molecule has 3 rings (SSSR count). The zero-order valence-electron chi connectivity index (χ0n) is 11.6. The van der Waals surface area contributed by atoms with Gasteiger partial charge < -0.3 is 16.0 Å². The Bertz CT molecular complexity index is 858. The Hall–Kier alpha value is -3.50. The Morgan fingerprint density at radius 1 is 1.43 bits per heavy atom. The molecule has 0 aliphatic rings. The van der Waals surface area contributed by atoms with E-state index in [1.807, 2.05) is 0 Å². The van der Waals surface area contributed by atoms with E-state index in [0.29, 0.717) is 11.4 Å². The zero-order chi connectivity index (χ0) is 16.4. The number of anilines is 1. The Labute approximate surface area is 128 Å². The molecular formula is C12H11N7O4. The highest BCUT2D eigenvalue weighted by atomic mass is 16.6. The maximum Gasteiger partial charge on any atom is 0.300 e. The molecule has 4 N–H and O–H groups in total. The van der Waals surface area contributed by atoms with Gasteiger partial charge in [-0.25, -0.2) is 9.61 Å². The monoisotopic (exact) mass is 317 g/mol. The predicted octanol–water partition coefficient (Wildman–Crippen LogP) is 0.363. The number of fused-ring (bicyclic) bond motifs is 1. The number of amides is 1. The molecule has 0 saturated carbocycles. The van der Waals surface area contributed by atoms with Crippen LogP contribution in [0.25, 0.3) is 11.0 Å². The molecule has 3 aromatic rings. The van der Waals surface area contributed by atoms with Gasteiger partial charge in [-0.3, -0.25) is 14.9 Å². The summed E-state index contributed by atoms with van der Waals surface area (Å²) >= 11 is 0. The number of nitrogens with zero attached hydrogens (tertiary/aromatic N) is 4. The smallest absolute Gasteiger partial charge is 0.300 e. The number of primary amides is 1. The molecule has 1 atom stereocenters. The summed E-state index contributed by atoms with van der Waals surface area (Å²) in [4.78, 5) is 28.7. The molecule has 1 amide bonds. The first-order chi connectivity index (χ1) is 11.1. The number of imidazole rings is 1. The van der Waals surface area contributed by atoms with Gasteiger partial charge in [-0.15, -0.1) is 0 Å². The fraction of sp³-hybridized carbons (Fsp3) is 0.167. The average molecular weight is 317 g/mol. The van der Waals surface area contributed by atoms with Gasteiger partial charge in [0, 0.05) is 24.4 Å². The Morgan fingerprint density at radius 2 is 2.22 bits per heavy atom. The quantitative estimate of drug-likeness (QED) is 0.433. The van der Waals surface area contributed by atoms with Crippen LogP contribution in [0.2, 0.25) is 0 Å². The van der Waals surface area contributed by atoms with Crippen LogP contribution in [-0.4, -0.2) is 37.2 Å². The molecule has 0 saturated heterocycles. The number of nitrogens with one attached hydrogen (secondary N) is 2. The fourth-order valence-electron chi connectivity index (χ4n) is 2.14. The van der Waals surface area contributed by atoms with Gasteiger partial charge in [-0.05, 0) is 16.4 Å². The average Bonchev–Trinajstić information content (AvgIpc) is 3.17. The lowest BCUT2D eigenvalue weighted by Gasteiger charge is -2.15. The van der Waals surface area contributed by atoms with Crippen LogP contribution in [0.3, 0.4) is 0 Å². The normalized spacial score (nSPS) is 12.2. The number of rotatable bonds is 6. The van der Waals surface area contributed by atoms with Crippen molar-refractivity contribution in [1.82, 2.24) is 20.3 Å². The second-order valence-electron chi connectivity index (χ2n) is 4.73. The van der Waals surface area contributed by atoms with Gasteiger partial charge in [0.25, 0.3) is 0 Å². The highest BCUT2D eigenvalue weighted by Crippen LogP contribution is 2.29. The van der Waals surface area contributed by atoms with Gasteiger partial charge in [0.1, 0.15) is 6.04 Å². The van der Waals surface area contributed by atoms with E-state index in [9.17, 15) is 14.9 Å². The minimum Gasteiger partial charge on any atom is -0.371 e. The lowest BCUT2D eigenvalue weighted by atomic mass is 10.1. The highest BCUT2D eigenvalue weighted by molar-refractivity contribution is 5.95. The van der Waals surface area contributed by atoms with Crippen molar-refractivity contribution in [3.05, 3.63) is 40.5 Å². The molecule has 0 bridgehead atoms. The number of hydrogen-bond acceptors (Lipinski definition) is 8. The second kappa shape index (κ2) is 5.71. The first-order valence-electron chi connectivity index (χ1n) is 6.49. The van der Waals surface area contributed by atoms with Crippen molar-refractivity contribution in [2.24, 2.45) is 5.73 Å². The van der Waals surface area contributed by atoms with Crippen LogP contribution in [0, 0.1) is 10.1 Å². The number of benzene rings is 1. The largest absolute Gasteiger partial charge is 0.371 e. The topological polar surface area (TPSA) is 166 Å². The Balaban J connectivity index is 1.93. The SMILES string of the molecule is NC(=O)[C@H](Cc1cnc[nH]1)Nc1ccc([N+](=O)[O-])c2nonc12. The number of non-ortho nitro benzene ring substituents is 1. The van der Waals surface area contributed by atoms with Crippen LogP contribution in [0.4, 0.5) is 11.4 Å². The van der Waals surface area contributed by atoms with Crippen molar-refractivity contribution in [1.29, 1.82) is 0 Å². The molecule has 0 aliphatic heterocycles. The lowest BCUT2D eigenvalue weighted by molar-refractivity contribution is -0.383. The minimum atomic E-state index is -0.767. The summed E-state index contributed by atoms with van der Waals surface area (Å²) in [5.74, 6) is -0.595. The number of nitro benzene ring substituents is 1. The molecule has 0 aliphatic carbocycles. The summed E-state index contributed by atoms with van der Waals surface area (Å²) in [6.45, 7) is 0. The first kappa shape index (κ1) is 14.4. The molecule has 0 unspecified atom stereocenters. The first-order valence-corrected chi connectivity index (χ1v) is 6.49. The molecular weight excluding hydrogens is 306 g/mol. The van der Waals surface area contributed by atoms with Crippen LogP contribution < -0.4 is 11.1 Å². The van der Waals surface area contributed by atoms with E-state index >= 15 is 0 Å². The maximum atomic E-state index is 11.6. The number of carbonyl (C=O) groups excluding carboxylic acids is 1. The number of nitro groups is 1. The zero-order valence-corrected chi connectivity index (χ0v) is 11.6. The van der Waals surface area contributed by atoms with E-state index in [0.717, 1.165) is 0 Å². The van der Waals surface area contributed by atoms with E-state index < -0.39 is 16.9 Å². The number of nitrogens with two attached hydrogens (primary N) is 1. The number of carbonyl (C=O) groups is 1. The molecule has 11 heteroatoms. The van der Waals surface area contributed by atoms with Gasteiger partial charge in [-0.1, -0.05) is 0 Å². The molecule has 0 fully saturated rings. The fourth-order valence-corrected chi connectivity index (χ4v) is 2.14. The Kier molecular flexibility index (Phi) is 3.58. The van der Waals surface area contributed by atoms with Crippen LogP contribution >= 0.6 is 0 Å². The molecule has 1 aromatic carbocycles. The third kappa shape index (κ3) is 2.79. The molecule has 0 spiro atoms. The van der Waals surface area contributed by atoms with E-state index in [4.69, 9.17) is 5.73 Å². The maximum absolute atomic E-state index is 11.6. The summed E-state index contributed by atoms with van der Waals surface area (Å²) in [6, 6.07) is 1.91. The number of aromatic amines is 1. The number of H-pyrrole nitrogens is 1. The summed E-state index contributed by atoms with van der Waals surface area (Å²) < 4.78 is 4.57. The van der Waals surface area contributed by atoms with E-state index in [1.165, 1.54) is 18.5 Å². The molecule has 0 radical (unpaired) electrons. The minimum absolute atomic E-state index is 0.00948. The van der Waals surface area contributed by atoms with Crippen LogP contribution in [0.5, 0.6) is 0 Å². The lowest BCUT2D eigenvalue weighted by Crippen LogP contribution is -2.37. The molecule has 118 valence electrons. The standard InChI is InChI=1S/C12H11N7O4/c13-12(20)8(3-6-4-14-5-15-6)16-7-1-2-9(19(21)22)11-10(7)17-23-18-11/h1-2,4-5,8,16H,3H2,(H2,13,20)(H,14,15)/t8-/m0/s1. The molecule has 2 heterocycles.